The van der Waals surface area contributed by atoms with Gasteiger partial charge in [0.1, 0.15) is 0 Å². The van der Waals surface area contributed by atoms with E-state index in [9.17, 15) is 4.79 Å². The molecule has 1 aromatic heterocycles. The van der Waals surface area contributed by atoms with Crippen molar-refractivity contribution in [1.82, 2.24) is 9.78 Å². The molecule has 0 saturated carbocycles. The second kappa shape index (κ2) is 2.84. The molecule has 0 unspecified atom stereocenters. The third-order valence-electron chi connectivity index (χ3n) is 1.76. The standard InChI is InChI=1S/C7H12N4O/c1-4-6(9-7(8)12)5(2)11(3)10-4/h1-3H3,(H3,8,9,12). The molecule has 66 valence electrons. The number of amides is 2. The third-order valence-corrected chi connectivity index (χ3v) is 1.76. The maximum absolute atomic E-state index is 10.6. The van der Waals surface area contributed by atoms with E-state index in [0.29, 0.717) is 5.69 Å². The fourth-order valence-corrected chi connectivity index (χ4v) is 1.08. The predicted molar refractivity (Wildman–Crippen MR) is 45.9 cm³/mol. The largest absolute Gasteiger partial charge is 0.351 e. The Hall–Kier alpha value is -1.52. The van der Waals surface area contributed by atoms with Crippen LogP contribution in [0.2, 0.25) is 0 Å². The van der Waals surface area contributed by atoms with Crippen LogP contribution in [0.3, 0.4) is 0 Å². The van der Waals surface area contributed by atoms with E-state index in [1.54, 1.807) is 4.68 Å². The average Bonchev–Trinajstić information content (AvgIpc) is 2.16. The highest BCUT2D eigenvalue weighted by molar-refractivity contribution is 5.89. The molecular weight excluding hydrogens is 156 g/mol. The van der Waals surface area contributed by atoms with Gasteiger partial charge in [0.15, 0.2) is 0 Å². The zero-order valence-corrected chi connectivity index (χ0v) is 7.38. The van der Waals surface area contributed by atoms with E-state index in [4.69, 9.17) is 5.73 Å². The van der Waals surface area contributed by atoms with Gasteiger partial charge in [0.05, 0.1) is 17.1 Å². The van der Waals surface area contributed by atoms with E-state index in [1.807, 2.05) is 20.9 Å². The number of primary amides is 1. The average molecular weight is 168 g/mol. The van der Waals surface area contributed by atoms with Gasteiger partial charge in [-0.15, -0.1) is 0 Å². The summed E-state index contributed by atoms with van der Waals surface area (Å²) in [5, 5.41) is 6.63. The molecule has 1 heterocycles. The molecule has 0 aromatic carbocycles. The van der Waals surface area contributed by atoms with E-state index in [0.717, 1.165) is 11.4 Å². The van der Waals surface area contributed by atoms with E-state index in [1.165, 1.54) is 0 Å². The number of hydrogen-bond acceptors (Lipinski definition) is 2. The molecule has 0 atom stereocenters. The van der Waals surface area contributed by atoms with Crippen LogP contribution in [0.5, 0.6) is 0 Å². The summed E-state index contributed by atoms with van der Waals surface area (Å²) in [5.41, 5.74) is 7.35. The van der Waals surface area contributed by atoms with Gasteiger partial charge in [-0.3, -0.25) is 4.68 Å². The number of anilines is 1. The summed E-state index contributed by atoms with van der Waals surface area (Å²) in [6.07, 6.45) is 0. The summed E-state index contributed by atoms with van der Waals surface area (Å²) < 4.78 is 1.70. The van der Waals surface area contributed by atoms with Crippen molar-refractivity contribution < 1.29 is 4.79 Å². The summed E-state index contributed by atoms with van der Waals surface area (Å²) in [4.78, 5) is 10.6. The Morgan fingerprint density at radius 1 is 1.58 bits per heavy atom. The molecule has 0 saturated heterocycles. The van der Waals surface area contributed by atoms with Gasteiger partial charge in [-0.1, -0.05) is 0 Å². The summed E-state index contributed by atoms with van der Waals surface area (Å²) in [5.74, 6) is 0. The zero-order valence-electron chi connectivity index (χ0n) is 7.38. The quantitative estimate of drug-likeness (QED) is 0.641. The van der Waals surface area contributed by atoms with Gasteiger partial charge < -0.3 is 11.1 Å². The van der Waals surface area contributed by atoms with Crippen LogP contribution < -0.4 is 11.1 Å². The highest BCUT2D eigenvalue weighted by Crippen LogP contribution is 2.17. The van der Waals surface area contributed by atoms with Crippen molar-refractivity contribution >= 4 is 11.7 Å². The monoisotopic (exact) mass is 168 g/mol. The first-order valence-corrected chi connectivity index (χ1v) is 3.59. The number of rotatable bonds is 1. The van der Waals surface area contributed by atoms with Crippen LogP contribution in [0, 0.1) is 13.8 Å². The van der Waals surface area contributed by atoms with Crippen LogP contribution in [0.25, 0.3) is 0 Å². The van der Waals surface area contributed by atoms with Crippen LogP contribution in [0.15, 0.2) is 0 Å². The smallest absolute Gasteiger partial charge is 0.316 e. The maximum atomic E-state index is 10.6. The molecule has 0 aliphatic carbocycles. The fraction of sp³-hybridized carbons (Fsp3) is 0.429. The molecule has 1 aromatic rings. The van der Waals surface area contributed by atoms with Gasteiger partial charge in [-0.25, -0.2) is 4.79 Å². The summed E-state index contributed by atoms with van der Waals surface area (Å²) in [6, 6.07) is -0.561. The van der Waals surface area contributed by atoms with Crippen LogP contribution in [0.1, 0.15) is 11.4 Å². The van der Waals surface area contributed by atoms with Gasteiger partial charge in [-0.2, -0.15) is 5.10 Å². The van der Waals surface area contributed by atoms with Crippen molar-refractivity contribution in [2.24, 2.45) is 12.8 Å². The van der Waals surface area contributed by atoms with Crippen LogP contribution in [-0.4, -0.2) is 15.8 Å². The van der Waals surface area contributed by atoms with Gasteiger partial charge in [0.25, 0.3) is 0 Å². The zero-order chi connectivity index (χ0) is 9.30. The van der Waals surface area contributed by atoms with Gasteiger partial charge in [0.2, 0.25) is 0 Å². The number of aromatic nitrogens is 2. The Bertz CT molecular complexity index is 315. The Morgan fingerprint density at radius 3 is 2.50 bits per heavy atom. The van der Waals surface area contributed by atoms with E-state index >= 15 is 0 Å². The van der Waals surface area contributed by atoms with E-state index in [2.05, 4.69) is 10.4 Å². The van der Waals surface area contributed by atoms with Crippen LogP contribution in [-0.2, 0) is 7.05 Å². The van der Waals surface area contributed by atoms with E-state index < -0.39 is 6.03 Å². The Labute approximate surface area is 70.5 Å². The molecule has 0 aliphatic rings. The molecule has 0 fully saturated rings. The second-order valence-electron chi connectivity index (χ2n) is 2.66. The van der Waals surface area contributed by atoms with Gasteiger partial charge in [-0.05, 0) is 13.8 Å². The molecule has 12 heavy (non-hydrogen) atoms. The van der Waals surface area contributed by atoms with Crippen molar-refractivity contribution in [2.75, 3.05) is 5.32 Å². The summed E-state index contributed by atoms with van der Waals surface area (Å²) in [7, 11) is 1.81. The van der Waals surface area contributed by atoms with Crippen molar-refractivity contribution in [3.05, 3.63) is 11.4 Å². The van der Waals surface area contributed by atoms with E-state index in [-0.39, 0.29) is 0 Å². The lowest BCUT2D eigenvalue weighted by Crippen LogP contribution is -2.20. The molecule has 0 bridgehead atoms. The van der Waals surface area contributed by atoms with Crippen molar-refractivity contribution in [2.45, 2.75) is 13.8 Å². The lowest BCUT2D eigenvalue weighted by atomic mass is 10.3. The van der Waals surface area contributed by atoms with Crippen molar-refractivity contribution in [3.8, 4) is 0 Å². The maximum Gasteiger partial charge on any atom is 0.316 e. The lowest BCUT2D eigenvalue weighted by Gasteiger charge is -2.00. The Balaban J connectivity index is 3.05. The number of nitrogens with zero attached hydrogens (tertiary/aromatic N) is 2. The summed E-state index contributed by atoms with van der Waals surface area (Å²) in [6.45, 7) is 3.68. The Morgan fingerprint density at radius 2 is 2.17 bits per heavy atom. The number of aryl methyl sites for hydroxylation is 2. The SMILES string of the molecule is Cc1nn(C)c(C)c1NC(N)=O. The molecule has 1 rings (SSSR count). The topological polar surface area (TPSA) is 72.9 Å². The molecule has 2 amide bonds. The minimum absolute atomic E-state index is 0.561. The number of carbonyl (C=O) groups is 1. The molecule has 0 radical (unpaired) electrons. The lowest BCUT2D eigenvalue weighted by molar-refractivity contribution is 0.259. The first-order valence-electron chi connectivity index (χ1n) is 3.59. The Kier molecular flexibility index (Phi) is 2.03. The summed E-state index contributed by atoms with van der Waals surface area (Å²) >= 11 is 0. The third kappa shape index (κ3) is 1.39. The highest BCUT2D eigenvalue weighted by Gasteiger charge is 2.09. The molecule has 5 nitrogen and oxygen atoms in total. The fourth-order valence-electron chi connectivity index (χ4n) is 1.08. The molecule has 5 heteroatoms. The number of hydrogen-bond donors (Lipinski definition) is 2. The molecule has 0 spiro atoms. The van der Waals surface area contributed by atoms with Gasteiger partial charge >= 0.3 is 6.03 Å². The van der Waals surface area contributed by atoms with Crippen molar-refractivity contribution in [1.29, 1.82) is 0 Å². The second-order valence-corrected chi connectivity index (χ2v) is 2.66. The number of nitrogens with one attached hydrogen (secondary N) is 1. The minimum atomic E-state index is -0.561. The van der Waals surface area contributed by atoms with Gasteiger partial charge in [0, 0.05) is 7.05 Å². The number of urea groups is 1. The number of carbonyl (C=O) groups excluding carboxylic acids is 1. The molecular formula is C7H12N4O. The normalized spacial score (nSPS) is 9.92. The first-order chi connectivity index (χ1) is 5.52. The molecule has 3 N–H and O–H groups in total. The molecule has 0 aliphatic heterocycles. The number of nitrogens with two attached hydrogens (primary N) is 1. The first kappa shape index (κ1) is 8.58. The van der Waals surface area contributed by atoms with Crippen molar-refractivity contribution in [3.63, 3.8) is 0 Å². The highest BCUT2D eigenvalue weighted by atomic mass is 16.2. The van der Waals surface area contributed by atoms with Crippen LogP contribution >= 0.6 is 0 Å². The minimum Gasteiger partial charge on any atom is -0.351 e. The van der Waals surface area contributed by atoms with Crippen LogP contribution in [0.4, 0.5) is 10.5 Å². The predicted octanol–water partition coefficient (Wildman–Crippen LogP) is 0.528.